The number of carboxylic acids is 1. The molecule has 2 aliphatic rings. The van der Waals surface area contributed by atoms with Gasteiger partial charge >= 0.3 is 5.97 Å². The lowest BCUT2D eigenvalue weighted by molar-refractivity contribution is -0.143. The number of ether oxygens (including phenoxy) is 2. The van der Waals surface area contributed by atoms with Crippen LogP contribution in [0.5, 0.6) is 5.75 Å². The zero-order valence-electron chi connectivity index (χ0n) is 14.4. The first-order valence-electron chi connectivity index (χ1n) is 8.00. The van der Waals surface area contributed by atoms with E-state index >= 15 is 0 Å². The van der Waals surface area contributed by atoms with E-state index in [2.05, 4.69) is 4.99 Å². The molecule has 0 aromatic heterocycles. The van der Waals surface area contributed by atoms with Gasteiger partial charge in [-0.25, -0.2) is 13.2 Å². The SMILES string of the molecule is COc1ccc(N2C(=NC(=O)COCC(=O)O)S[C@H]3CS(=O)(=O)C[C@@H]32)cc1. The zero-order chi connectivity index (χ0) is 19.6. The summed E-state index contributed by atoms with van der Waals surface area (Å²) in [6.45, 7) is -1.05. The van der Waals surface area contributed by atoms with Crippen molar-refractivity contribution in [3.8, 4) is 5.75 Å². The number of hydrogen-bond acceptors (Lipinski definition) is 7. The van der Waals surface area contributed by atoms with Crippen LogP contribution in [0.1, 0.15) is 0 Å². The van der Waals surface area contributed by atoms with Gasteiger partial charge in [0, 0.05) is 10.9 Å². The number of rotatable bonds is 6. The summed E-state index contributed by atoms with van der Waals surface area (Å²) in [4.78, 5) is 28.2. The minimum atomic E-state index is -3.15. The van der Waals surface area contributed by atoms with Crippen LogP contribution < -0.4 is 9.64 Å². The smallest absolute Gasteiger partial charge is 0.329 e. The number of fused-ring (bicyclic) bond motifs is 1. The number of thioether (sulfide) groups is 1. The van der Waals surface area contributed by atoms with E-state index in [0.717, 1.165) is 0 Å². The van der Waals surface area contributed by atoms with Crippen LogP contribution in [0, 0.1) is 0 Å². The average Bonchev–Trinajstić information content (AvgIpc) is 3.05. The first kappa shape index (κ1) is 19.6. The molecule has 0 bridgehead atoms. The first-order valence-corrected chi connectivity index (χ1v) is 10.7. The highest BCUT2D eigenvalue weighted by molar-refractivity contribution is 8.16. The molecule has 9 nitrogen and oxygen atoms in total. The molecule has 2 atom stereocenters. The highest BCUT2D eigenvalue weighted by Crippen LogP contribution is 2.41. The predicted octanol–water partition coefficient (Wildman–Crippen LogP) is 0.398. The van der Waals surface area contributed by atoms with E-state index in [1.165, 1.54) is 11.8 Å². The average molecular weight is 414 g/mol. The Morgan fingerprint density at radius 3 is 2.59 bits per heavy atom. The van der Waals surface area contributed by atoms with Crippen molar-refractivity contribution in [1.29, 1.82) is 0 Å². The standard InChI is InChI=1S/C16H18N2O7S2/c1-24-11-4-2-10(3-5-11)18-12-8-27(22,23)9-13(12)26-16(18)17-14(19)6-25-7-15(20)21/h2-5,12-13H,6-9H2,1H3,(H,20,21)/t12-,13-/m0/s1. The van der Waals surface area contributed by atoms with Crippen molar-refractivity contribution >= 4 is 44.3 Å². The molecule has 2 heterocycles. The molecule has 2 saturated heterocycles. The largest absolute Gasteiger partial charge is 0.497 e. The lowest BCUT2D eigenvalue weighted by Crippen LogP contribution is -2.37. The second-order valence-corrected chi connectivity index (χ2v) is 9.40. The van der Waals surface area contributed by atoms with Gasteiger partial charge in [-0.15, -0.1) is 0 Å². The van der Waals surface area contributed by atoms with Gasteiger partial charge in [-0.1, -0.05) is 11.8 Å². The Balaban J connectivity index is 1.84. The minimum Gasteiger partial charge on any atom is -0.497 e. The molecule has 0 aliphatic carbocycles. The van der Waals surface area contributed by atoms with Crippen LogP contribution in [0.2, 0.25) is 0 Å². The molecule has 2 fully saturated rings. The molecule has 2 aliphatic heterocycles. The van der Waals surface area contributed by atoms with E-state index < -0.39 is 34.9 Å². The van der Waals surface area contributed by atoms with Crippen molar-refractivity contribution in [2.75, 3.05) is 36.7 Å². The lowest BCUT2D eigenvalue weighted by atomic mass is 10.2. The molecule has 0 unspecified atom stereocenters. The van der Waals surface area contributed by atoms with E-state index in [9.17, 15) is 18.0 Å². The summed E-state index contributed by atoms with van der Waals surface area (Å²) in [5.41, 5.74) is 0.700. The molecular weight excluding hydrogens is 396 g/mol. The lowest BCUT2D eigenvalue weighted by Gasteiger charge is -2.24. The fourth-order valence-electron chi connectivity index (χ4n) is 2.97. The number of carbonyl (C=O) groups excluding carboxylic acids is 1. The number of aliphatic imine (C=N–C) groups is 1. The third-order valence-electron chi connectivity index (χ3n) is 4.09. The fourth-order valence-corrected chi connectivity index (χ4v) is 6.91. The Hall–Kier alpha value is -2.11. The Labute approximate surface area is 160 Å². The summed E-state index contributed by atoms with van der Waals surface area (Å²) in [5, 5.41) is 8.71. The number of nitrogens with zero attached hydrogens (tertiary/aromatic N) is 2. The molecule has 146 valence electrons. The Morgan fingerprint density at radius 2 is 1.96 bits per heavy atom. The van der Waals surface area contributed by atoms with E-state index in [1.54, 1.807) is 36.3 Å². The molecule has 0 radical (unpaired) electrons. The molecule has 11 heteroatoms. The number of methoxy groups -OCH3 is 1. The normalized spacial score (nSPS) is 24.8. The first-order chi connectivity index (χ1) is 12.8. The molecule has 1 aromatic rings. The van der Waals surface area contributed by atoms with Gasteiger partial charge in [0.25, 0.3) is 5.91 Å². The maximum absolute atomic E-state index is 12.0. The molecule has 1 amide bonds. The monoisotopic (exact) mass is 414 g/mol. The molecule has 3 rings (SSSR count). The van der Waals surface area contributed by atoms with Gasteiger partial charge in [-0.3, -0.25) is 4.79 Å². The Morgan fingerprint density at radius 1 is 1.26 bits per heavy atom. The molecule has 27 heavy (non-hydrogen) atoms. The third kappa shape index (κ3) is 4.60. The summed E-state index contributed by atoms with van der Waals surface area (Å²) in [6, 6.07) is 6.71. The van der Waals surface area contributed by atoms with E-state index in [4.69, 9.17) is 14.6 Å². The van der Waals surface area contributed by atoms with Crippen LogP contribution in [-0.2, 0) is 24.2 Å². The Kier molecular flexibility index (Phi) is 5.72. The summed E-state index contributed by atoms with van der Waals surface area (Å²) in [5.74, 6) is -1.14. The summed E-state index contributed by atoms with van der Waals surface area (Å²) in [6.07, 6.45) is 0. The quantitative estimate of drug-likeness (QED) is 0.704. The molecular formula is C16H18N2O7S2. The van der Waals surface area contributed by atoms with Crippen molar-refractivity contribution in [2.24, 2.45) is 4.99 Å². The third-order valence-corrected chi connectivity index (χ3v) is 7.30. The van der Waals surface area contributed by atoms with Gasteiger partial charge in [0.1, 0.15) is 19.0 Å². The number of hydrogen-bond donors (Lipinski definition) is 1. The topological polar surface area (TPSA) is 123 Å². The number of sulfone groups is 1. The summed E-state index contributed by atoms with van der Waals surface area (Å²) in [7, 11) is -1.61. The van der Waals surface area contributed by atoms with Crippen LogP contribution in [0.4, 0.5) is 5.69 Å². The highest BCUT2D eigenvalue weighted by atomic mass is 32.2. The predicted molar refractivity (Wildman–Crippen MR) is 100 cm³/mol. The highest BCUT2D eigenvalue weighted by Gasteiger charge is 2.49. The Bertz CT molecular complexity index is 867. The van der Waals surface area contributed by atoms with Crippen LogP contribution in [0.25, 0.3) is 0 Å². The molecule has 1 aromatic carbocycles. The second-order valence-electron chi connectivity index (χ2n) is 6.04. The van der Waals surface area contributed by atoms with Crippen molar-refractivity contribution < 1.29 is 32.6 Å². The van der Waals surface area contributed by atoms with Gasteiger partial charge < -0.3 is 19.5 Å². The fraction of sp³-hybridized carbons (Fsp3) is 0.438. The number of carbonyl (C=O) groups is 2. The van der Waals surface area contributed by atoms with E-state index in [1.807, 2.05) is 0 Å². The van der Waals surface area contributed by atoms with Crippen LogP contribution in [0.3, 0.4) is 0 Å². The van der Waals surface area contributed by atoms with Gasteiger partial charge in [-0.2, -0.15) is 4.99 Å². The maximum Gasteiger partial charge on any atom is 0.329 e. The van der Waals surface area contributed by atoms with Crippen LogP contribution in [0.15, 0.2) is 29.3 Å². The van der Waals surface area contributed by atoms with Crippen molar-refractivity contribution in [3.05, 3.63) is 24.3 Å². The minimum absolute atomic E-state index is 0.0145. The second kappa shape index (κ2) is 7.87. The van der Waals surface area contributed by atoms with Crippen LogP contribution in [-0.4, -0.2) is 73.7 Å². The maximum atomic E-state index is 12.0. The number of amidine groups is 1. The summed E-state index contributed by atoms with van der Waals surface area (Å²) >= 11 is 1.24. The van der Waals surface area contributed by atoms with Crippen LogP contribution >= 0.6 is 11.8 Å². The van der Waals surface area contributed by atoms with E-state index in [0.29, 0.717) is 16.6 Å². The number of carboxylic acid groups (broad SMARTS) is 1. The van der Waals surface area contributed by atoms with E-state index in [-0.39, 0.29) is 22.8 Å². The molecule has 1 N–H and O–H groups in total. The van der Waals surface area contributed by atoms with Gasteiger partial charge in [0.15, 0.2) is 15.0 Å². The number of anilines is 1. The molecule has 0 saturated carbocycles. The number of aliphatic carboxylic acids is 1. The van der Waals surface area contributed by atoms with Crippen molar-refractivity contribution in [2.45, 2.75) is 11.3 Å². The zero-order valence-corrected chi connectivity index (χ0v) is 16.0. The van der Waals surface area contributed by atoms with Gasteiger partial charge in [0.2, 0.25) is 0 Å². The van der Waals surface area contributed by atoms with Gasteiger partial charge in [-0.05, 0) is 24.3 Å². The number of amides is 1. The van der Waals surface area contributed by atoms with Crippen molar-refractivity contribution in [1.82, 2.24) is 0 Å². The number of benzene rings is 1. The summed E-state index contributed by atoms with van der Waals surface area (Å²) < 4.78 is 33.9. The van der Waals surface area contributed by atoms with Crippen molar-refractivity contribution in [3.63, 3.8) is 0 Å². The van der Waals surface area contributed by atoms with Gasteiger partial charge in [0.05, 0.1) is 24.7 Å². The molecule has 0 spiro atoms.